The summed E-state index contributed by atoms with van der Waals surface area (Å²) < 4.78 is 59.1. The Kier molecular flexibility index (Phi) is 5.32. The van der Waals surface area contributed by atoms with Gasteiger partial charge in [0.1, 0.15) is 9.84 Å². The second-order valence-electron chi connectivity index (χ2n) is 4.26. The molecule has 0 unspecified atom stereocenters. The second kappa shape index (κ2) is 6.17. The van der Waals surface area contributed by atoms with Crippen molar-refractivity contribution in [2.45, 2.75) is 18.3 Å². The normalized spacial score (nSPS) is 14.4. The van der Waals surface area contributed by atoms with Gasteiger partial charge in [-0.05, 0) is 24.6 Å². The van der Waals surface area contributed by atoms with Crippen molar-refractivity contribution in [2.24, 2.45) is 0 Å². The number of benzene rings is 1. The molecular weight excluding hydrogens is 297 g/mol. The molecule has 0 amide bonds. The first-order valence-corrected chi connectivity index (χ1v) is 8.67. The topological polar surface area (TPSA) is 34.1 Å². The van der Waals surface area contributed by atoms with Gasteiger partial charge in [0, 0.05) is 17.3 Å². The van der Waals surface area contributed by atoms with E-state index in [1.807, 2.05) is 6.92 Å². The molecule has 0 aliphatic rings. The van der Waals surface area contributed by atoms with E-state index >= 15 is 0 Å². The van der Waals surface area contributed by atoms with Gasteiger partial charge < -0.3 is 0 Å². The van der Waals surface area contributed by atoms with Crippen molar-refractivity contribution >= 4 is 21.6 Å². The summed E-state index contributed by atoms with van der Waals surface area (Å²) in [5, 5.41) is -0.0379. The van der Waals surface area contributed by atoms with E-state index in [-0.39, 0.29) is 11.0 Å². The molecule has 0 spiro atoms. The van der Waals surface area contributed by atoms with E-state index in [1.54, 1.807) is 0 Å². The molecule has 2 nitrogen and oxygen atoms in total. The van der Waals surface area contributed by atoms with Crippen LogP contribution in [0.15, 0.2) is 24.3 Å². The van der Waals surface area contributed by atoms with Crippen LogP contribution >= 0.6 is 11.8 Å². The van der Waals surface area contributed by atoms with Crippen LogP contribution in [0.25, 0.3) is 0 Å². The van der Waals surface area contributed by atoms with Crippen molar-refractivity contribution in [3.05, 3.63) is 35.4 Å². The van der Waals surface area contributed by atoms with E-state index in [2.05, 4.69) is 0 Å². The fraction of sp³-hybridized carbons (Fsp3) is 0.500. The Balaban J connectivity index is 2.61. The van der Waals surface area contributed by atoms with Crippen LogP contribution in [-0.2, 0) is 16.0 Å². The van der Waals surface area contributed by atoms with E-state index < -0.39 is 21.6 Å². The third-order valence-corrected chi connectivity index (χ3v) is 4.95. The highest BCUT2D eigenvalue weighted by molar-refractivity contribution is 8.00. The van der Waals surface area contributed by atoms with Crippen LogP contribution in [0, 0.1) is 0 Å². The van der Waals surface area contributed by atoms with Crippen LogP contribution < -0.4 is 0 Å². The van der Waals surface area contributed by atoms with E-state index in [9.17, 15) is 21.6 Å². The van der Waals surface area contributed by atoms with Gasteiger partial charge in [-0.1, -0.05) is 12.1 Å². The number of thioether (sulfide) groups is 1. The zero-order valence-electron chi connectivity index (χ0n) is 10.6. The Morgan fingerprint density at radius 2 is 1.74 bits per heavy atom. The number of alkyl halides is 3. The zero-order chi connectivity index (χ0) is 14.7. The minimum Gasteiger partial charge on any atom is -0.229 e. The number of halogens is 3. The van der Waals surface area contributed by atoms with Gasteiger partial charge in [-0.15, -0.1) is 0 Å². The highest BCUT2D eigenvalue weighted by Crippen LogP contribution is 2.32. The largest absolute Gasteiger partial charge is 0.416 e. The Bertz CT molecular complexity index is 507. The van der Waals surface area contributed by atoms with Gasteiger partial charge in [0.25, 0.3) is 0 Å². The maximum atomic E-state index is 12.4. The monoisotopic (exact) mass is 312 g/mol. The lowest BCUT2D eigenvalue weighted by atomic mass is 10.1. The Hall–Kier alpha value is -0.690. The van der Waals surface area contributed by atoms with E-state index in [1.165, 1.54) is 23.9 Å². The summed E-state index contributed by atoms with van der Waals surface area (Å²) in [6.07, 6.45) is -3.17. The van der Waals surface area contributed by atoms with Gasteiger partial charge in [0.15, 0.2) is 0 Å². The van der Waals surface area contributed by atoms with Gasteiger partial charge in [0.05, 0.1) is 11.3 Å². The molecule has 0 saturated carbocycles. The van der Waals surface area contributed by atoms with Gasteiger partial charge in [-0.2, -0.15) is 24.9 Å². The quantitative estimate of drug-likeness (QED) is 0.834. The summed E-state index contributed by atoms with van der Waals surface area (Å²) >= 11 is 1.41. The molecule has 0 saturated heterocycles. The van der Waals surface area contributed by atoms with Crippen LogP contribution in [0.3, 0.4) is 0 Å². The number of hydrogen-bond acceptors (Lipinski definition) is 3. The lowest BCUT2D eigenvalue weighted by Gasteiger charge is -2.13. The summed E-state index contributed by atoms with van der Waals surface area (Å²) in [6, 6.07) is 4.95. The summed E-state index contributed by atoms with van der Waals surface area (Å²) in [5.74, 6) is 0.504. The standard InChI is InChI=1S/C12H15F3O2S2/c1-9(18-7-8-19(2,16)17)10-3-5-11(6-4-10)12(13,14)15/h3-6,9H,7-8H2,1-2H3/t9-/m1/s1. The average molecular weight is 312 g/mol. The van der Waals surface area contributed by atoms with E-state index in [4.69, 9.17) is 0 Å². The first kappa shape index (κ1) is 16.4. The molecule has 0 aliphatic carbocycles. The SMILES string of the molecule is C[C@@H](SCCS(C)(=O)=O)c1ccc(C(F)(F)F)cc1. The molecule has 1 aromatic rings. The maximum Gasteiger partial charge on any atom is 0.416 e. The van der Waals surface area contributed by atoms with E-state index in [0.29, 0.717) is 5.75 Å². The highest BCUT2D eigenvalue weighted by Gasteiger charge is 2.30. The van der Waals surface area contributed by atoms with Gasteiger partial charge >= 0.3 is 6.18 Å². The molecule has 1 rings (SSSR count). The zero-order valence-corrected chi connectivity index (χ0v) is 12.2. The van der Waals surface area contributed by atoms with Crippen LogP contribution in [-0.4, -0.2) is 26.2 Å². The van der Waals surface area contributed by atoms with Gasteiger partial charge in [-0.3, -0.25) is 0 Å². The molecule has 0 N–H and O–H groups in total. The Morgan fingerprint density at radius 1 is 1.21 bits per heavy atom. The van der Waals surface area contributed by atoms with Crippen molar-refractivity contribution in [1.29, 1.82) is 0 Å². The van der Waals surface area contributed by atoms with Crippen molar-refractivity contribution in [3.8, 4) is 0 Å². The number of hydrogen-bond donors (Lipinski definition) is 0. The van der Waals surface area contributed by atoms with E-state index in [0.717, 1.165) is 24.0 Å². The minimum absolute atomic E-state index is 0.0379. The highest BCUT2D eigenvalue weighted by atomic mass is 32.2. The summed E-state index contributed by atoms with van der Waals surface area (Å²) in [6.45, 7) is 1.84. The summed E-state index contributed by atoms with van der Waals surface area (Å²) in [4.78, 5) is 0. The molecule has 108 valence electrons. The fourth-order valence-electron chi connectivity index (χ4n) is 1.42. The van der Waals surface area contributed by atoms with Crippen LogP contribution in [0.5, 0.6) is 0 Å². The van der Waals surface area contributed by atoms with Crippen molar-refractivity contribution < 1.29 is 21.6 Å². The maximum absolute atomic E-state index is 12.4. The second-order valence-corrected chi connectivity index (χ2v) is 7.97. The molecule has 19 heavy (non-hydrogen) atoms. The molecule has 0 radical (unpaired) electrons. The lowest BCUT2D eigenvalue weighted by Crippen LogP contribution is -2.07. The summed E-state index contributed by atoms with van der Waals surface area (Å²) in [5.41, 5.74) is 0.0797. The van der Waals surface area contributed by atoms with Crippen molar-refractivity contribution in [1.82, 2.24) is 0 Å². The van der Waals surface area contributed by atoms with Crippen LogP contribution in [0.4, 0.5) is 13.2 Å². The molecular formula is C12H15F3O2S2. The van der Waals surface area contributed by atoms with Gasteiger partial charge in [-0.25, -0.2) is 8.42 Å². The molecule has 0 bridgehead atoms. The number of sulfone groups is 1. The Labute approximate surface area is 115 Å². The van der Waals surface area contributed by atoms with Crippen molar-refractivity contribution in [3.63, 3.8) is 0 Å². The molecule has 1 aromatic carbocycles. The van der Waals surface area contributed by atoms with Crippen LogP contribution in [0.1, 0.15) is 23.3 Å². The van der Waals surface area contributed by atoms with Gasteiger partial charge in [0.2, 0.25) is 0 Å². The first-order valence-electron chi connectivity index (χ1n) is 5.56. The lowest BCUT2D eigenvalue weighted by molar-refractivity contribution is -0.137. The minimum atomic E-state index is -4.33. The first-order chi connectivity index (χ1) is 8.59. The predicted octanol–water partition coefficient (Wildman–Crippen LogP) is 3.54. The molecule has 0 aliphatic heterocycles. The summed E-state index contributed by atoms with van der Waals surface area (Å²) in [7, 11) is -3.00. The molecule has 0 fully saturated rings. The molecule has 0 aromatic heterocycles. The molecule has 0 heterocycles. The van der Waals surface area contributed by atoms with Crippen LogP contribution in [0.2, 0.25) is 0 Å². The smallest absolute Gasteiger partial charge is 0.229 e. The molecule has 7 heteroatoms. The molecule has 1 atom stereocenters. The predicted molar refractivity (Wildman–Crippen MR) is 72.0 cm³/mol. The average Bonchev–Trinajstić information content (AvgIpc) is 2.26. The van der Waals surface area contributed by atoms with Crippen molar-refractivity contribution in [2.75, 3.05) is 17.8 Å². The Morgan fingerprint density at radius 3 is 2.16 bits per heavy atom. The fourth-order valence-corrected chi connectivity index (χ4v) is 3.71. The number of rotatable bonds is 5. The third kappa shape index (κ3) is 5.86. The third-order valence-electron chi connectivity index (χ3n) is 2.53.